The van der Waals surface area contributed by atoms with Crippen LogP contribution < -0.4 is 5.32 Å². The average molecular weight is 196 g/mol. The lowest BCUT2D eigenvalue weighted by Gasteiger charge is -2.15. The van der Waals surface area contributed by atoms with Crippen molar-refractivity contribution in [2.45, 2.75) is 24.3 Å². The molecular weight excluding hydrogens is 182 g/mol. The highest BCUT2D eigenvalue weighted by Gasteiger charge is 2.28. The Morgan fingerprint density at radius 3 is 2.91 bits per heavy atom. The highest BCUT2D eigenvalue weighted by molar-refractivity contribution is 8.00. The lowest BCUT2D eigenvalue weighted by Crippen LogP contribution is -2.32. The fourth-order valence-corrected chi connectivity index (χ4v) is 2.85. The van der Waals surface area contributed by atoms with E-state index in [0.29, 0.717) is 6.23 Å². The van der Waals surface area contributed by atoms with Crippen molar-refractivity contribution >= 4 is 24.2 Å². The van der Waals surface area contributed by atoms with Gasteiger partial charge < -0.3 is 4.74 Å². The first-order valence-electron chi connectivity index (χ1n) is 3.93. The minimum atomic E-state index is 0. The molecule has 1 N–H and O–H groups in total. The van der Waals surface area contributed by atoms with Crippen LogP contribution in [-0.4, -0.2) is 30.4 Å². The third-order valence-corrected chi connectivity index (χ3v) is 3.48. The van der Waals surface area contributed by atoms with Crippen LogP contribution >= 0.6 is 24.2 Å². The van der Waals surface area contributed by atoms with Gasteiger partial charge in [-0.15, -0.1) is 12.4 Å². The molecule has 2 fully saturated rings. The van der Waals surface area contributed by atoms with Gasteiger partial charge in [0.2, 0.25) is 0 Å². The molecule has 0 radical (unpaired) electrons. The van der Waals surface area contributed by atoms with Crippen LogP contribution in [0.2, 0.25) is 0 Å². The average Bonchev–Trinajstić information content (AvgIpc) is 2.59. The van der Waals surface area contributed by atoms with Gasteiger partial charge in [0.15, 0.2) is 0 Å². The molecular formula is C7H14ClNOS. The van der Waals surface area contributed by atoms with Crippen LogP contribution in [0.15, 0.2) is 0 Å². The molecule has 11 heavy (non-hydrogen) atoms. The Morgan fingerprint density at radius 2 is 2.36 bits per heavy atom. The smallest absolute Gasteiger partial charge is 0.120 e. The lowest BCUT2D eigenvalue weighted by molar-refractivity contribution is 0.0987. The second kappa shape index (κ2) is 4.55. The first-order valence-corrected chi connectivity index (χ1v) is 4.98. The summed E-state index contributed by atoms with van der Waals surface area (Å²) in [6, 6.07) is 0. The molecule has 2 nitrogen and oxygen atoms in total. The molecule has 0 aromatic heterocycles. The molecule has 0 aromatic rings. The maximum atomic E-state index is 5.50. The topological polar surface area (TPSA) is 21.3 Å². The zero-order valence-corrected chi connectivity index (χ0v) is 8.05. The molecule has 0 bridgehead atoms. The van der Waals surface area contributed by atoms with Gasteiger partial charge in [-0.05, 0) is 18.6 Å². The van der Waals surface area contributed by atoms with Gasteiger partial charge >= 0.3 is 0 Å². The van der Waals surface area contributed by atoms with Gasteiger partial charge in [0, 0.05) is 11.8 Å². The number of hydrogen-bond donors (Lipinski definition) is 1. The van der Waals surface area contributed by atoms with Gasteiger partial charge in [0.05, 0.1) is 6.61 Å². The molecule has 2 unspecified atom stereocenters. The number of halogens is 1. The van der Waals surface area contributed by atoms with Crippen molar-refractivity contribution in [3.63, 3.8) is 0 Å². The van der Waals surface area contributed by atoms with Gasteiger partial charge in [-0.1, -0.05) is 0 Å². The molecule has 0 amide bonds. The Labute approximate surface area is 77.9 Å². The van der Waals surface area contributed by atoms with E-state index in [9.17, 15) is 0 Å². The molecule has 66 valence electrons. The molecule has 4 heteroatoms. The molecule has 2 aliphatic rings. The van der Waals surface area contributed by atoms with Crippen molar-refractivity contribution < 1.29 is 4.74 Å². The van der Waals surface area contributed by atoms with Crippen LogP contribution in [-0.2, 0) is 4.74 Å². The van der Waals surface area contributed by atoms with Crippen LogP contribution in [0, 0.1) is 0 Å². The SMILES string of the molecule is C1CSC(C2NCCO2)C1.Cl. The van der Waals surface area contributed by atoms with Crippen molar-refractivity contribution in [2.75, 3.05) is 18.9 Å². The fraction of sp³-hybridized carbons (Fsp3) is 1.00. The lowest BCUT2D eigenvalue weighted by atomic mass is 10.2. The zero-order valence-electron chi connectivity index (χ0n) is 6.41. The van der Waals surface area contributed by atoms with Crippen LogP contribution in [0.5, 0.6) is 0 Å². The summed E-state index contributed by atoms with van der Waals surface area (Å²) >= 11 is 2.05. The largest absolute Gasteiger partial charge is 0.361 e. The summed E-state index contributed by atoms with van der Waals surface area (Å²) in [4.78, 5) is 0. The Morgan fingerprint density at radius 1 is 1.45 bits per heavy atom. The summed E-state index contributed by atoms with van der Waals surface area (Å²) in [7, 11) is 0. The molecule has 0 aromatic carbocycles. The molecule has 2 saturated heterocycles. The van der Waals surface area contributed by atoms with E-state index in [-0.39, 0.29) is 12.4 Å². The van der Waals surface area contributed by atoms with E-state index >= 15 is 0 Å². The number of nitrogens with one attached hydrogen (secondary N) is 1. The van der Waals surface area contributed by atoms with Crippen molar-refractivity contribution in [1.29, 1.82) is 0 Å². The molecule has 2 atom stereocenters. The fourth-order valence-electron chi connectivity index (χ4n) is 1.53. The Balaban J connectivity index is 0.000000605. The summed E-state index contributed by atoms with van der Waals surface area (Å²) < 4.78 is 5.50. The first-order chi connectivity index (χ1) is 4.97. The summed E-state index contributed by atoms with van der Waals surface area (Å²) in [5, 5.41) is 4.09. The molecule has 0 spiro atoms. The zero-order chi connectivity index (χ0) is 6.81. The summed E-state index contributed by atoms with van der Waals surface area (Å²) in [5.41, 5.74) is 0. The maximum Gasteiger partial charge on any atom is 0.120 e. The Kier molecular flexibility index (Phi) is 3.99. The second-order valence-corrected chi connectivity index (χ2v) is 4.14. The van der Waals surface area contributed by atoms with Crippen LogP contribution in [0.3, 0.4) is 0 Å². The van der Waals surface area contributed by atoms with Crippen molar-refractivity contribution in [3.8, 4) is 0 Å². The van der Waals surface area contributed by atoms with Gasteiger partial charge in [0.1, 0.15) is 6.23 Å². The summed E-state index contributed by atoms with van der Waals surface area (Å²) in [6.45, 7) is 1.95. The number of thioether (sulfide) groups is 1. The van der Waals surface area contributed by atoms with Crippen LogP contribution in [0.4, 0.5) is 0 Å². The Hall–Kier alpha value is 0.560. The minimum absolute atomic E-state index is 0. The third-order valence-electron chi connectivity index (χ3n) is 2.05. The number of hydrogen-bond acceptors (Lipinski definition) is 3. The van der Waals surface area contributed by atoms with Crippen LogP contribution in [0.1, 0.15) is 12.8 Å². The monoisotopic (exact) mass is 195 g/mol. The van der Waals surface area contributed by atoms with Gasteiger partial charge in [-0.25, -0.2) is 0 Å². The van der Waals surface area contributed by atoms with E-state index in [1.165, 1.54) is 18.6 Å². The predicted molar refractivity (Wildman–Crippen MR) is 50.5 cm³/mol. The van der Waals surface area contributed by atoms with Crippen molar-refractivity contribution in [2.24, 2.45) is 0 Å². The van der Waals surface area contributed by atoms with E-state index in [1.54, 1.807) is 0 Å². The molecule has 2 rings (SSSR count). The standard InChI is InChI=1S/C7H13NOS.ClH/c1-2-6(10-5-1)7-8-3-4-9-7;/h6-8H,1-5H2;1H. The van der Waals surface area contributed by atoms with Crippen molar-refractivity contribution in [3.05, 3.63) is 0 Å². The third kappa shape index (κ3) is 2.25. The molecule has 0 saturated carbocycles. The van der Waals surface area contributed by atoms with Gasteiger partial charge in [0.25, 0.3) is 0 Å². The van der Waals surface area contributed by atoms with Crippen molar-refractivity contribution in [1.82, 2.24) is 5.32 Å². The summed E-state index contributed by atoms with van der Waals surface area (Å²) in [5.74, 6) is 1.33. The molecule has 2 heterocycles. The number of rotatable bonds is 1. The molecule has 0 aliphatic carbocycles. The van der Waals surface area contributed by atoms with E-state index in [4.69, 9.17) is 4.74 Å². The molecule has 2 aliphatic heterocycles. The van der Waals surface area contributed by atoms with E-state index < -0.39 is 0 Å². The normalized spacial score (nSPS) is 37.1. The van der Waals surface area contributed by atoms with Gasteiger partial charge in [-0.2, -0.15) is 11.8 Å². The second-order valence-electron chi connectivity index (χ2n) is 2.80. The predicted octanol–water partition coefficient (Wildman–Crippen LogP) is 1.25. The minimum Gasteiger partial charge on any atom is -0.361 e. The van der Waals surface area contributed by atoms with E-state index in [0.717, 1.165) is 18.4 Å². The quantitative estimate of drug-likeness (QED) is 0.681. The Bertz CT molecular complexity index is 99.0. The first kappa shape index (κ1) is 9.65. The number of ether oxygens (including phenoxy) is 1. The van der Waals surface area contributed by atoms with Crippen LogP contribution in [0.25, 0.3) is 0 Å². The highest BCUT2D eigenvalue weighted by atomic mass is 35.5. The highest BCUT2D eigenvalue weighted by Crippen LogP contribution is 2.29. The summed E-state index contributed by atoms with van der Waals surface area (Å²) in [6.07, 6.45) is 3.08. The maximum absolute atomic E-state index is 5.50. The van der Waals surface area contributed by atoms with E-state index in [1.807, 2.05) is 0 Å². The van der Waals surface area contributed by atoms with Gasteiger partial charge in [-0.3, -0.25) is 5.32 Å². The van der Waals surface area contributed by atoms with E-state index in [2.05, 4.69) is 17.1 Å².